The Bertz CT molecular complexity index is 530. The normalized spacial score (nSPS) is 12.2. The van der Waals surface area contributed by atoms with Gasteiger partial charge in [-0.15, -0.1) is 0 Å². The highest BCUT2D eigenvalue weighted by Gasteiger charge is 2.10. The van der Waals surface area contributed by atoms with Crippen molar-refractivity contribution in [2.45, 2.75) is 32.7 Å². The lowest BCUT2D eigenvalue weighted by Gasteiger charge is -2.15. The Kier molecular flexibility index (Phi) is 5.29. The Hall–Kier alpha value is -1.69. The van der Waals surface area contributed by atoms with Gasteiger partial charge in [0.25, 0.3) is 0 Å². The van der Waals surface area contributed by atoms with Crippen molar-refractivity contribution >= 4 is 23.1 Å². The van der Waals surface area contributed by atoms with Crippen LogP contribution in [-0.4, -0.2) is 22.6 Å². The third-order valence-corrected chi connectivity index (χ3v) is 3.51. The van der Waals surface area contributed by atoms with Gasteiger partial charge < -0.3 is 10.6 Å². The predicted molar refractivity (Wildman–Crippen MR) is 81.9 cm³/mol. The van der Waals surface area contributed by atoms with Gasteiger partial charge in [-0.25, -0.2) is 9.37 Å². The lowest BCUT2D eigenvalue weighted by atomic mass is 10.1. The smallest absolute Gasteiger partial charge is 0.224 e. The fraction of sp³-hybridized carbons (Fsp3) is 0.429. The van der Waals surface area contributed by atoms with Crippen LogP contribution in [0.1, 0.15) is 25.8 Å². The highest BCUT2D eigenvalue weighted by molar-refractivity contribution is 7.07. The summed E-state index contributed by atoms with van der Waals surface area (Å²) in [4.78, 5) is 8.10. The number of aromatic nitrogens is 2. The van der Waals surface area contributed by atoms with Crippen LogP contribution in [0.5, 0.6) is 0 Å². The van der Waals surface area contributed by atoms with Crippen LogP contribution in [0.4, 0.5) is 16.2 Å². The van der Waals surface area contributed by atoms with Crippen LogP contribution >= 0.6 is 11.3 Å². The monoisotopic (exact) mass is 294 g/mol. The average Bonchev–Trinajstić information content (AvgIpc) is 2.92. The molecule has 0 aromatic carbocycles. The maximum atomic E-state index is 13.7. The molecule has 2 rings (SSSR count). The first kappa shape index (κ1) is 14.7. The van der Waals surface area contributed by atoms with E-state index in [1.54, 1.807) is 11.3 Å². The SMILES string of the molecule is CCCNc1ncc(F)c(NC(C)Cc2ccsc2)n1. The van der Waals surface area contributed by atoms with E-state index in [2.05, 4.69) is 39.0 Å². The second kappa shape index (κ2) is 7.19. The molecule has 0 bridgehead atoms. The lowest BCUT2D eigenvalue weighted by Crippen LogP contribution is -2.20. The van der Waals surface area contributed by atoms with Gasteiger partial charge >= 0.3 is 0 Å². The molecule has 2 heterocycles. The second-order valence-corrected chi connectivity index (χ2v) is 5.48. The summed E-state index contributed by atoms with van der Waals surface area (Å²) in [5, 5.41) is 10.3. The number of thiophene rings is 1. The first-order valence-corrected chi connectivity index (χ1v) is 7.67. The Morgan fingerprint density at radius 1 is 1.45 bits per heavy atom. The van der Waals surface area contributed by atoms with E-state index in [-0.39, 0.29) is 11.9 Å². The van der Waals surface area contributed by atoms with E-state index < -0.39 is 5.82 Å². The Morgan fingerprint density at radius 3 is 3.00 bits per heavy atom. The number of anilines is 2. The molecule has 0 aliphatic carbocycles. The van der Waals surface area contributed by atoms with Gasteiger partial charge in [0.05, 0.1) is 6.20 Å². The maximum Gasteiger partial charge on any atom is 0.224 e. The van der Waals surface area contributed by atoms with Gasteiger partial charge in [-0.2, -0.15) is 16.3 Å². The fourth-order valence-corrected chi connectivity index (χ4v) is 2.52. The Morgan fingerprint density at radius 2 is 2.30 bits per heavy atom. The summed E-state index contributed by atoms with van der Waals surface area (Å²) in [5.74, 6) is 0.282. The molecule has 0 amide bonds. The topological polar surface area (TPSA) is 49.8 Å². The highest BCUT2D eigenvalue weighted by Crippen LogP contribution is 2.15. The van der Waals surface area contributed by atoms with Crippen LogP contribution in [-0.2, 0) is 6.42 Å². The zero-order valence-electron chi connectivity index (χ0n) is 11.7. The van der Waals surface area contributed by atoms with Gasteiger partial charge in [0.15, 0.2) is 11.6 Å². The van der Waals surface area contributed by atoms with Crippen molar-refractivity contribution in [1.82, 2.24) is 9.97 Å². The largest absolute Gasteiger partial charge is 0.365 e. The summed E-state index contributed by atoms with van der Waals surface area (Å²) in [5.41, 5.74) is 1.24. The molecule has 0 saturated heterocycles. The standard InChI is InChI=1S/C14H19FN4S/c1-3-5-16-14-17-8-12(15)13(19-14)18-10(2)7-11-4-6-20-9-11/h4,6,8-10H,3,5,7H2,1-2H3,(H2,16,17,18,19). The third kappa shape index (κ3) is 4.16. The molecule has 108 valence electrons. The van der Waals surface area contributed by atoms with Gasteiger partial charge in [-0.3, -0.25) is 0 Å². The second-order valence-electron chi connectivity index (χ2n) is 4.70. The van der Waals surface area contributed by atoms with Crippen LogP contribution in [0.2, 0.25) is 0 Å². The van der Waals surface area contributed by atoms with E-state index in [4.69, 9.17) is 0 Å². The fourth-order valence-electron chi connectivity index (χ4n) is 1.84. The van der Waals surface area contributed by atoms with Gasteiger partial charge in [0.2, 0.25) is 5.95 Å². The molecular weight excluding hydrogens is 275 g/mol. The van der Waals surface area contributed by atoms with Crippen LogP contribution in [0.3, 0.4) is 0 Å². The van der Waals surface area contributed by atoms with Gasteiger partial charge in [0.1, 0.15) is 0 Å². The lowest BCUT2D eigenvalue weighted by molar-refractivity contribution is 0.612. The zero-order chi connectivity index (χ0) is 14.4. The zero-order valence-corrected chi connectivity index (χ0v) is 12.5. The average molecular weight is 294 g/mol. The van der Waals surface area contributed by atoms with Crippen LogP contribution in [0.25, 0.3) is 0 Å². The summed E-state index contributed by atoms with van der Waals surface area (Å²) in [6, 6.07) is 2.18. The molecule has 2 aromatic rings. The minimum Gasteiger partial charge on any atom is -0.365 e. The maximum absolute atomic E-state index is 13.7. The van der Waals surface area contributed by atoms with E-state index in [0.29, 0.717) is 5.95 Å². The molecule has 20 heavy (non-hydrogen) atoms. The Balaban J connectivity index is 2.00. The minimum atomic E-state index is -0.427. The number of nitrogens with one attached hydrogen (secondary N) is 2. The molecule has 2 N–H and O–H groups in total. The van der Waals surface area contributed by atoms with Crippen molar-refractivity contribution in [3.05, 3.63) is 34.4 Å². The molecule has 0 saturated carbocycles. The van der Waals surface area contributed by atoms with E-state index >= 15 is 0 Å². The molecule has 2 aromatic heterocycles. The van der Waals surface area contributed by atoms with Crippen LogP contribution < -0.4 is 10.6 Å². The highest BCUT2D eigenvalue weighted by atomic mass is 32.1. The van der Waals surface area contributed by atoms with Gasteiger partial charge in [0, 0.05) is 12.6 Å². The van der Waals surface area contributed by atoms with E-state index in [9.17, 15) is 4.39 Å². The van der Waals surface area contributed by atoms with Gasteiger partial charge in [-0.1, -0.05) is 6.92 Å². The number of halogens is 1. The van der Waals surface area contributed by atoms with E-state index in [0.717, 1.165) is 19.4 Å². The summed E-state index contributed by atoms with van der Waals surface area (Å²) >= 11 is 1.67. The molecule has 0 fully saturated rings. The molecule has 0 aliphatic rings. The molecule has 4 nitrogen and oxygen atoms in total. The minimum absolute atomic E-state index is 0.105. The number of rotatable bonds is 7. The summed E-state index contributed by atoms with van der Waals surface area (Å²) in [6.45, 7) is 4.84. The van der Waals surface area contributed by atoms with Crippen molar-refractivity contribution in [3.63, 3.8) is 0 Å². The molecule has 0 spiro atoms. The summed E-state index contributed by atoms with van der Waals surface area (Å²) in [6.07, 6.45) is 3.01. The predicted octanol–water partition coefficient (Wildman–Crippen LogP) is 3.54. The molecule has 1 atom stereocenters. The molecule has 0 radical (unpaired) electrons. The number of nitrogens with zero attached hydrogens (tertiary/aromatic N) is 2. The quantitative estimate of drug-likeness (QED) is 0.820. The van der Waals surface area contributed by atoms with Crippen molar-refractivity contribution in [1.29, 1.82) is 0 Å². The number of hydrogen-bond donors (Lipinski definition) is 2. The van der Waals surface area contributed by atoms with Crippen molar-refractivity contribution in [2.24, 2.45) is 0 Å². The van der Waals surface area contributed by atoms with E-state index in [1.165, 1.54) is 11.8 Å². The van der Waals surface area contributed by atoms with Gasteiger partial charge in [-0.05, 0) is 42.2 Å². The Labute approximate surface area is 122 Å². The van der Waals surface area contributed by atoms with Crippen LogP contribution in [0.15, 0.2) is 23.0 Å². The molecule has 0 aliphatic heterocycles. The summed E-state index contributed by atoms with van der Waals surface area (Å²) in [7, 11) is 0. The first-order chi connectivity index (χ1) is 9.69. The van der Waals surface area contributed by atoms with Crippen molar-refractivity contribution in [2.75, 3.05) is 17.2 Å². The molecule has 6 heteroatoms. The molecule has 1 unspecified atom stereocenters. The molecular formula is C14H19FN4S. The van der Waals surface area contributed by atoms with E-state index in [1.807, 2.05) is 12.3 Å². The summed E-state index contributed by atoms with van der Waals surface area (Å²) < 4.78 is 13.7. The van der Waals surface area contributed by atoms with Crippen molar-refractivity contribution < 1.29 is 4.39 Å². The number of hydrogen-bond acceptors (Lipinski definition) is 5. The third-order valence-electron chi connectivity index (χ3n) is 2.78. The van der Waals surface area contributed by atoms with Crippen LogP contribution in [0, 0.1) is 5.82 Å². The van der Waals surface area contributed by atoms with Crippen molar-refractivity contribution in [3.8, 4) is 0 Å². The first-order valence-electron chi connectivity index (χ1n) is 6.73.